The number of hydrogen-bond donors (Lipinski definition) is 1. The molecule has 0 aliphatic heterocycles. The predicted molar refractivity (Wildman–Crippen MR) is 83.7 cm³/mol. The summed E-state index contributed by atoms with van der Waals surface area (Å²) >= 11 is 2.33. The molecule has 0 fully saturated rings. The van der Waals surface area contributed by atoms with Gasteiger partial charge < -0.3 is 4.98 Å². The maximum absolute atomic E-state index is 8.92. The van der Waals surface area contributed by atoms with Crippen molar-refractivity contribution >= 4 is 33.6 Å². The zero-order chi connectivity index (χ0) is 13.4. The number of hydrogen-bond acceptors (Lipinski definition) is 2. The first-order valence-electron chi connectivity index (χ1n) is 5.84. The van der Waals surface area contributed by atoms with Gasteiger partial charge in [0, 0.05) is 9.13 Å². The molecule has 1 heterocycles. The summed E-state index contributed by atoms with van der Waals surface area (Å²) < 4.78 is 1.19. The second kappa shape index (κ2) is 4.67. The topological polar surface area (TPSA) is 52.5 Å². The van der Waals surface area contributed by atoms with Crippen LogP contribution in [0.15, 0.2) is 36.4 Å². The molecule has 0 aliphatic rings. The van der Waals surface area contributed by atoms with Gasteiger partial charge in [0.15, 0.2) is 0 Å². The second-order valence-corrected chi connectivity index (χ2v) is 5.44. The van der Waals surface area contributed by atoms with E-state index in [0.29, 0.717) is 5.56 Å². The Hall–Kier alpha value is -1.87. The molecular weight excluding hydrogens is 349 g/mol. The molecule has 0 unspecified atom stereocenters. The largest absolute Gasteiger partial charge is 0.338 e. The molecule has 0 atom stereocenters. The number of rotatable bonds is 1. The maximum atomic E-state index is 8.92. The Labute approximate surface area is 124 Å². The summed E-state index contributed by atoms with van der Waals surface area (Å²) in [4.78, 5) is 7.88. The van der Waals surface area contributed by atoms with E-state index in [9.17, 15) is 0 Å². The Balaban J connectivity index is 2.21. The zero-order valence-corrected chi connectivity index (χ0v) is 12.4. The van der Waals surface area contributed by atoms with E-state index < -0.39 is 0 Å². The van der Waals surface area contributed by atoms with E-state index >= 15 is 0 Å². The summed E-state index contributed by atoms with van der Waals surface area (Å²) in [5.74, 6) is 0.846. The minimum absolute atomic E-state index is 0.640. The molecule has 0 spiro atoms. The SMILES string of the molecule is Cc1cccc(-c2nc3ccc(C#N)cc3[nH]2)c1I. The van der Waals surface area contributed by atoms with Crippen molar-refractivity contribution in [3.05, 3.63) is 51.1 Å². The normalized spacial score (nSPS) is 10.6. The number of nitriles is 1. The summed E-state index contributed by atoms with van der Waals surface area (Å²) in [7, 11) is 0. The van der Waals surface area contributed by atoms with E-state index in [1.54, 1.807) is 6.07 Å². The molecule has 3 rings (SSSR count). The average Bonchev–Trinajstić information content (AvgIpc) is 2.84. The number of benzene rings is 2. The highest BCUT2D eigenvalue weighted by atomic mass is 127. The summed E-state index contributed by atoms with van der Waals surface area (Å²) in [5.41, 5.74) is 4.74. The lowest BCUT2D eigenvalue weighted by Crippen LogP contribution is -1.88. The molecule has 0 saturated carbocycles. The van der Waals surface area contributed by atoms with E-state index in [-0.39, 0.29) is 0 Å². The molecule has 92 valence electrons. The van der Waals surface area contributed by atoms with Crippen LogP contribution >= 0.6 is 22.6 Å². The van der Waals surface area contributed by atoms with E-state index in [2.05, 4.69) is 57.7 Å². The zero-order valence-electron chi connectivity index (χ0n) is 10.2. The summed E-state index contributed by atoms with van der Waals surface area (Å²) in [6.07, 6.45) is 0. The third-order valence-corrected chi connectivity index (χ3v) is 4.49. The highest BCUT2D eigenvalue weighted by Crippen LogP contribution is 2.27. The second-order valence-electron chi connectivity index (χ2n) is 4.37. The molecule has 4 heteroatoms. The van der Waals surface area contributed by atoms with Gasteiger partial charge in [-0.3, -0.25) is 0 Å². The molecule has 1 aromatic heterocycles. The van der Waals surface area contributed by atoms with Gasteiger partial charge in [-0.05, 0) is 53.3 Å². The van der Waals surface area contributed by atoms with Crippen LogP contribution < -0.4 is 0 Å². The lowest BCUT2D eigenvalue weighted by molar-refractivity contribution is 1.31. The van der Waals surface area contributed by atoms with Crippen molar-refractivity contribution < 1.29 is 0 Å². The van der Waals surface area contributed by atoms with Gasteiger partial charge in [0.2, 0.25) is 0 Å². The van der Waals surface area contributed by atoms with Crippen molar-refractivity contribution in [3.8, 4) is 17.5 Å². The van der Waals surface area contributed by atoms with Crippen molar-refractivity contribution in [2.45, 2.75) is 6.92 Å². The Morgan fingerprint density at radius 2 is 2.11 bits per heavy atom. The number of aryl methyl sites for hydroxylation is 1. The van der Waals surface area contributed by atoms with Crippen LogP contribution in [0, 0.1) is 21.8 Å². The van der Waals surface area contributed by atoms with Crippen molar-refractivity contribution in [2.75, 3.05) is 0 Å². The van der Waals surface area contributed by atoms with Crippen LogP contribution in [0.5, 0.6) is 0 Å². The third-order valence-electron chi connectivity index (χ3n) is 3.06. The molecule has 0 radical (unpaired) electrons. The van der Waals surface area contributed by atoms with Gasteiger partial charge in [0.25, 0.3) is 0 Å². The number of halogens is 1. The number of H-pyrrole nitrogens is 1. The highest BCUT2D eigenvalue weighted by Gasteiger charge is 2.10. The molecular formula is C15H10IN3. The molecule has 1 N–H and O–H groups in total. The first kappa shape index (κ1) is 12.2. The molecule has 0 aliphatic carbocycles. The molecule has 0 amide bonds. The number of aromatic amines is 1. The number of nitrogens with one attached hydrogen (secondary N) is 1. The quantitative estimate of drug-likeness (QED) is 0.668. The fourth-order valence-electron chi connectivity index (χ4n) is 2.04. The summed E-state index contributed by atoms with van der Waals surface area (Å²) in [6, 6.07) is 13.8. The van der Waals surface area contributed by atoms with Gasteiger partial charge in [-0.2, -0.15) is 5.26 Å². The first-order chi connectivity index (χ1) is 9.19. The molecule has 19 heavy (non-hydrogen) atoms. The Morgan fingerprint density at radius 3 is 2.89 bits per heavy atom. The van der Waals surface area contributed by atoms with Gasteiger partial charge in [-0.15, -0.1) is 0 Å². The maximum Gasteiger partial charge on any atom is 0.139 e. The standard InChI is InChI=1S/C15H10IN3/c1-9-3-2-4-11(14(9)16)15-18-12-6-5-10(8-17)7-13(12)19-15/h2-7H,1H3,(H,18,19). The highest BCUT2D eigenvalue weighted by molar-refractivity contribution is 14.1. The minimum Gasteiger partial charge on any atom is -0.338 e. The predicted octanol–water partition coefficient (Wildman–Crippen LogP) is 4.01. The monoisotopic (exact) mass is 359 g/mol. The van der Waals surface area contributed by atoms with Crippen LogP contribution in [0.1, 0.15) is 11.1 Å². The van der Waals surface area contributed by atoms with Crippen molar-refractivity contribution in [1.29, 1.82) is 5.26 Å². The molecule has 2 aromatic carbocycles. The summed E-state index contributed by atoms with van der Waals surface area (Å²) in [6.45, 7) is 2.09. The fraction of sp³-hybridized carbons (Fsp3) is 0.0667. The summed E-state index contributed by atoms with van der Waals surface area (Å²) in [5, 5.41) is 8.92. The first-order valence-corrected chi connectivity index (χ1v) is 6.92. The van der Waals surface area contributed by atoms with E-state index in [0.717, 1.165) is 22.4 Å². The lowest BCUT2D eigenvalue weighted by atomic mass is 10.1. The number of fused-ring (bicyclic) bond motifs is 1. The Morgan fingerprint density at radius 1 is 1.26 bits per heavy atom. The van der Waals surface area contributed by atoms with Crippen molar-refractivity contribution in [2.24, 2.45) is 0 Å². The fourth-order valence-corrected chi connectivity index (χ4v) is 2.65. The Bertz CT molecular complexity index is 812. The van der Waals surface area contributed by atoms with Crippen LogP contribution in [-0.4, -0.2) is 9.97 Å². The van der Waals surface area contributed by atoms with Crippen LogP contribution in [0.25, 0.3) is 22.4 Å². The molecule has 3 nitrogen and oxygen atoms in total. The number of imidazole rings is 1. The molecule has 0 saturated heterocycles. The molecule has 0 bridgehead atoms. The van der Waals surface area contributed by atoms with Crippen LogP contribution in [0.4, 0.5) is 0 Å². The van der Waals surface area contributed by atoms with E-state index in [1.165, 1.54) is 9.13 Å². The minimum atomic E-state index is 0.640. The van der Waals surface area contributed by atoms with Gasteiger partial charge in [0.1, 0.15) is 5.82 Å². The Kier molecular flexibility index (Phi) is 2.99. The molecule has 3 aromatic rings. The van der Waals surface area contributed by atoms with Crippen molar-refractivity contribution in [3.63, 3.8) is 0 Å². The van der Waals surface area contributed by atoms with Gasteiger partial charge in [-0.25, -0.2) is 4.98 Å². The van der Waals surface area contributed by atoms with Crippen LogP contribution in [-0.2, 0) is 0 Å². The van der Waals surface area contributed by atoms with E-state index in [4.69, 9.17) is 5.26 Å². The smallest absolute Gasteiger partial charge is 0.139 e. The van der Waals surface area contributed by atoms with Gasteiger partial charge in [0.05, 0.1) is 22.7 Å². The van der Waals surface area contributed by atoms with Crippen LogP contribution in [0.2, 0.25) is 0 Å². The lowest BCUT2D eigenvalue weighted by Gasteiger charge is -2.03. The van der Waals surface area contributed by atoms with Crippen LogP contribution in [0.3, 0.4) is 0 Å². The third kappa shape index (κ3) is 2.10. The van der Waals surface area contributed by atoms with Gasteiger partial charge in [-0.1, -0.05) is 18.2 Å². The van der Waals surface area contributed by atoms with E-state index in [1.807, 2.05) is 18.2 Å². The van der Waals surface area contributed by atoms with Gasteiger partial charge >= 0.3 is 0 Å². The average molecular weight is 359 g/mol. The number of nitrogens with zero attached hydrogens (tertiary/aromatic N) is 2. The van der Waals surface area contributed by atoms with Crippen molar-refractivity contribution in [1.82, 2.24) is 9.97 Å². The number of aromatic nitrogens is 2.